The molecule has 3 amide bonds. The highest BCUT2D eigenvalue weighted by Gasteiger charge is 2.42. The highest BCUT2D eigenvalue weighted by Crippen LogP contribution is 2.34. The maximum atomic E-state index is 13.5. The van der Waals surface area contributed by atoms with Gasteiger partial charge in [0.15, 0.2) is 5.17 Å². The number of para-hydroxylation sites is 1. The maximum absolute atomic E-state index is 13.5. The van der Waals surface area contributed by atoms with Crippen LogP contribution >= 0.6 is 11.8 Å². The van der Waals surface area contributed by atoms with E-state index >= 15 is 0 Å². The van der Waals surface area contributed by atoms with Crippen LogP contribution in [0.3, 0.4) is 0 Å². The highest BCUT2D eigenvalue weighted by molar-refractivity contribution is 8.14. The van der Waals surface area contributed by atoms with E-state index in [9.17, 15) is 14.4 Å². The van der Waals surface area contributed by atoms with E-state index in [1.54, 1.807) is 25.3 Å². The second-order valence-electron chi connectivity index (χ2n) is 8.92. The van der Waals surface area contributed by atoms with Gasteiger partial charge in [-0.05, 0) is 29.8 Å². The third-order valence-corrected chi connectivity index (χ3v) is 7.21. The van der Waals surface area contributed by atoms with Gasteiger partial charge < -0.3 is 20.1 Å². The Bertz CT molecular complexity index is 1510. The first-order chi connectivity index (χ1) is 19.5. The predicted molar refractivity (Wildman–Crippen MR) is 154 cm³/mol. The van der Waals surface area contributed by atoms with Crippen molar-refractivity contribution in [2.75, 3.05) is 25.3 Å². The first-order valence-electron chi connectivity index (χ1n) is 12.5. The zero-order valence-corrected chi connectivity index (χ0v) is 22.7. The molecule has 1 atom stereocenters. The third-order valence-electron chi connectivity index (χ3n) is 6.27. The summed E-state index contributed by atoms with van der Waals surface area (Å²) in [6.07, 6.45) is -0.0937. The van der Waals surface area contributed by atoms with Crippen LogP contribution in [0.25, 0.3) is 0 Å². The fraction of sp³-hybridized carbons (Fsp3) is 0.207. The fourth-order valence-corrected chi connectivity index (χ4v) is 5.10. The smallest absolute Gasteiger partial charge is 0.259 e. The number of thioether (sulfide) groups is 1. The molecule has 3 aromatic carbocycles. The van der Waals surface area contributed by atoms with Gasteiger partial charge in [-0.15, -0.1) is 0 Å². The molecule has 0 spiro atoms. The molecule has 40 heavy (non-hydrogen) atoms. The Morgan fingerprint density at radius 2 is 1.75 bits per heavy atom. The summed E-state index contributed by atoms with van der Waals surface area (Å²) >= 11 is 1.11. The molecule has 5 rings (SSSR count). The van der Waals surface area contributed by atoms with Crippen LogP contribution in [0.4, 0.5) is 11.4 Å². The second-order valence-corrected chi connectivity index (χ2v) is 9.87. The van der Waals surface area contributed by atoms with Gasteiger partial charge in [0, 0.05) is 18.2 Å². The lowest BCUT2D eigenvalue weighted by Crippen LogP contribution is -2.42. The van der Waals surface area contributed by atoms with Gasteiger partial charge in [-0.3, -0.25) is 19.4 Å². The maximum Gasteiger partial charge on any atom is 0.259 e. The molecule has 204 valence electrons. The summed E-state index contributed by atoms with van der Waals surface area (Å²) in [6.45, 7) is 0.361. The second kappa shape index (κ2) is 12.0. The van der Waals surface area contributed by atoms with Crippen LogP contribution in [0.15, 0.2) is 82.8 Å². The molecule has 2 heterocycles. The van der Waals surface area contributed by atoms with Gasteiger partial charge in [-0.25, -0.2) is 9.89 Å². The lowest BCUT2D eigenvalue weighted by molar-refractivity contribution is -0.128. The molecule has 2 aliphatic rings. The number of hydrogen-bond donors (Lipinski definition) is 2. The normalized spacial score (nSPS) is 15.4. The molecule has 0 unspecified atom stereocenters. The minimum absolute atomic E-state index is 0.0184. The fourth-order valence-electron chi connectivity index (χ4n) is 4.29. The van der Waals surface area contributed by atoms with E-state index in [1.807, 2.05) is 54.6 Å². The van der Waals surface area contributed by atoms with Gasteiger partial charge >= 0.3 is 0 Å². The molecular formula is C29H27N5O5S. The lowest BCUT2D eigenvalue weighted by Gasteiger charge is -2.25. The Labute approximate surface area is 235 Å². The van der Waals surface area contributed by atoms with E-state index in [-0.39, 0.29) is 29.9 Å². The third kappa shape index (κ3) is 5.84. The number of nitrogens with zero attached hydrogens (tertiary/aromatic N) is 3. The number of ether oxygens (including phenoxy) is 2. The monoisotopic (exact) mass is 557 g/mol. The number of amides is 3. The van der Waals surface area contributed by atoms with Crippen molar-refractivity contribution < 1.29 is 23.9 Å². The number of aliphatic imine (C=N–C) groups is 2. The molecule has 0 saturated carbocycles. The number of nitrogens with one attached hydrogen (secondary N) is 2. The largest absolute Gasteiger partial charge is 0.497 e. The molecule has 0 saturated heterocycles. The average Bonchev–Trinajstić information content (AvgIpc) is 3.31. The molecule has 0 aliphatic carbocycles. The summed E-state index contributed by atoms with van der Waals surface area (Å²) in [6, 6.07) is 21.1. The molecular weight excluding hydrogens is 530 g/mol. The van der Waals surface area contributed by atoms with E-state index < -0.39 is 6.04 Å². The lowest BCUT2D eigenvalue weighted by atomic mass is 10.1. The van der Waals surface area contributed by atoms with E-state index in [1.165, 1.54) is 12.0 Å². The summed E-state index contributed by atoms with van der Waals surface area (Å²) in [5.41, 5.74) is 2.78. The first-order valence-corrected chi connectivity index (χ1v) is 13.5. The van der Waals surface area contributed by atoms with Crippen LogP contribution in [0.2, 0.25) is 0 Å². The Balaban J connectivity index is 1.28. The molecule has 0 fully saturated rings. The van der Waals surface area contributed by atoms with Crippen molar-refractivity contribution in [1.29, 1.82) is 0 Å². The van der Waals surface area contributed by atoms with E-state index in [4.69, 9.17) is 9.47 Å². The summed E-state index contributed by atoms with van der Waals surface area (Å²) < 4.78 is 10.6. The van der Waals surface area contributed by atoms with Crippen molar-refractivity contribution >= 4 is 51.9 Å². The van der Waals surface area contributed by atoms with Gasteiger partial charge in [0.25, 0.3) is 5.91 Å². The number of benzene rings is 3. The zero-order chi connectivity index (χ0) is 28.1. The van der Waals surface area contributed by atoms with Crippen LogP contribution in [0.1, 0.15) is 17.5 Å². The van der Waals surface area contributed by atoms with Crippen LogP contribution in [-0.2, 0) is 20.9 Å². The summed E-state index contributed by atoms with van der Waals surface area (Å²) in [4.78, 5) is 49.6. The SMILES string of the molecule is COc1ccc(NC(=O)CSC2=Nc3ccccc3C3=N[C@@H](CC(=O)NCc4ccccc4)C(=O)N23)c(OC)c1. The summed E-state index contributed by atoms with van der Waals surface area (Å²) in [5.74, 6) is 0.520. The number of carbonyl (C=O) groups excluding carboxylic acids is 3. The molecule has 10 nitrogen and oxygen atoms in total. The molecule has 0 aromatic heterocycles. The minimum Gasteiger partial charge on any atom is -0.497 e. The van der Waals surface area contributed by atoms with E-state index in [2.05, 4.69) is 20.6 Å². The quantitative estimate of drug-likeness (QED) is 0.414. The summed E-state index contributed by atoms with van der Waals surface area (Å²) in [7, 11) is 3.05. The molecule has 2 N–H and O–H groups in total. The Hall–Kier alpha value is -4.64. The Morgan fingerprint density at radius 3 is 2.52 bits per heavy atom. The first kappa shape index (κ1) is 26.9. The number of rotatable bonds is 9. The van der Waals surface area contributed by atoms with Crippen molar-refractivity contribution in [3.05, 3.63) is 83.9 Å². The van der Waals surface area contributed by atoms with E-state index in [0.717, 1.165) is 17.3 Å². The van der Waals surface area contributed by atoms with Gasteiger partial charge in [0.1, 0.15) is 23.4 Å². The number of methoxy groups -OCH3 is 2. The summed E-state index contributed by atoms with van der Waals surface area (Å²) in [5, 5.41) is 6.00. The van der Waals surface area contributed by atoms with Crippen LogP contribution in [0.5, 0.6) is 11.5 Å². The van der Waals surface area contributed by atoms with Crippen molar-refractivity contribution in [2.45, 2.75) is 19.0 Å². The topological polar surface area (TPSA) is 122 Å². The number of fused-ring (bicyclic) bond motifs is 3. The Kier molecular flexibility index (Phi) is 8.11. The zero-order valence-electron chi connectivity index (χ0n) is 21.9. The minimum atomic E-state index is -0.889. The Morgan fingerprint density at radius 1 is 0.975 bits per heavy atom. The molecule has 3 aromatic rings. The number of hydrogen-bond acceptors (Lipinski definition) is 8. The van der Waals surface area contributed by atoms with Gasteiger partial charge in [-0.1, -0.05) is 54.2 Å². The number of anilines is 1. The van der Waals surface area contributed by atoms with Crippen molar-refractivity contribution in [2.24, 2.45) is 9.98 Å². The van der Waals surface area contributed by atoms with Crippen LogP contribution in [0, 0.1) is 0 Å². The van der Waals surface area contributed by atoms with Gasteiger partial charge in [-0.2, -0.15) is 0 Å². The van der Waals surface area contributed by atoms with Crippen molar-refractivity contribution in [3.8, 4) is 11.5 Å². The molecule has 0 radical (unpaired) electrons. The van der Waals surface area contributed by atoms with Crippen LogP contribution in [-0.4, -0.2) is 59.6 Å². The number of amidine groups is 2. The predicted octanol–water partition coefficient (Wildman–Crippen LogP) is 3.74. The average molecular weight is 558 g/mol. The van der Waals surface area contributed by atoms with E-state index in [0.29, 0.717) is 46.0 Å². The highest BCUT2D eigenvalue weighted by atomic mass is 32.2. The standard InChI is InChI=1S/C29H27N5O5S/c1-38-19-12-13-22(24(14-19)39-2)31-26(36)17-40-29-33-21-11-7-6-10-20(21)27-32-23(28(37)34(27)29)15-25(35)30-16-18-8-4-3-5-9-18/h3-14,23H,15-17H2,1-2H3,(H,30,35)(H,31,36)/t23-/m0/s1. The molecule has 2 aliphatic heterocycles. The van der Waals surface area contributed by atoms with Crippen LogP contribution < -0.4 is 20.1 Å². The molecule has 0 bridgehead atoms. The van der Waals surface area contributed by atoms with Crippen molar-refractivity contribution in [3.63, 3.8) is 0 Å². The van der Waals surface area contributed by atoms with Crippen molar-refractivity contribution in [1.82, 2.24) is 10.2 Å². The number of carbonyl (C=O) groups is 3. The molecule has 11 heteroatoms. The van der Waals surface area contributed by atoms with Gasteiger partial charge in [0.05, 0.1) is 37.8 Å². The van der Waals surface area contributed by atoms with Gasteiger partial charge in [0.2, 0.25) is 11.8 Å².